The molecule has 6 heteroatoms. The molecule has 2 amide bonds. The number of nitrogens with zero attached hydrogens (tertiary/aromatic N) is 4. The van der Waals surface area contributed by atoms with Gasteiger partial charge in [-0.15, -0.1) is 0 Å². The van der Waals surface area contributed by atoms with E-state index in [1.165, 1.54) is 24.2 Å². The Hall–Kier alpha value is -2.89. The van der Waals surface area contributed by atoms with E-state index in [0.29, 0.717) is 11.8 Å². The van der Waals surface area contributed by atoms with Gasteiger partial charge in [-0.25, -0.2) is 14.8 Å². The minimum absolute atomic E-state index is 0.00410. The zero-order valence-electron chi connectivity index (χ0n) is 17.8. The Morgan fingerprint density at radius 3 is 2.87 bits per heavy atom. The van der Waals surface area contributed by atoms with Gasteiger partial charge in [0.15, 0.2) is 5.65 Å². The summed E-state index contributed by atoms with van der Waals surface area (Å²) in [7, 11) is 0. The number of piperidine rings is 1. The van der Waals surface area contributed by atoms with E-state index in [2.05, 4.69) is 40.8 Å². The molecule has 1 aliphatic heterocycles. The summed E-state index contributed by atoms with van der Waals surface area (Å²) in [5, 5.41) is 3.12. The first kappa shape index (κ1) is 19.1. The number of aromatic nitrogens is 3. The predicted molar refractivity (Wildman–Crippen MR) is 119 cm³/mol. The predicted octanol–water partition coefficient (Wildman–Crippen LogP) is 4.87. The highest BCUT2D eigenvalue weighted by Gasteiger charge is 2.32. The number of carbonyl (C=O) groups excluding carboxylic acids is 1. The van der Waals surface area contributed by atoms with Gasteiger partial charge in [0, 0.05) is 37.4 Å². The number of carbonyl (C=O) groups is 1. The van der Waals surface area contributed by atoms with Crippen LogP contribution in [0.25, 0.3) is 11.2 Å². The molecule has 0 bridgehead atoms. The molecule has 1 atom stereocenters. The van der Waals surface area contributed by atoms with Gasteiger partial charge < -0.3 is 14.8 Å². The lowest BCUT2D eigenvalue weighted by Gasteiger charge is -2.33. The molecule has 0 radical (unpaired) electrons. The second kappa shape index (κ2) is 7.74. The Labute approximate surface area is 177 Å². The van der Waals surface area contributed by atoms with Crippen LogP contribution in [0, 0.1) is 19.8 Å². The summed E-state index contributed by atoms with van der Waals surface area (Å²) in [4.78, 5) is 24.4. The number of hydrogen-bond donors (Lipinski definition) is 1. The second-order valence-corrected chi connectivity index (χ2v) is 8.83. The normalized spacial score (nSPS) is 19.3. The van der Waals surface area contributed by atoms with Crippen molar-refractivity contribution in [2.24, 2.45) is 5.92 Å². The zero-order chi connectivity index (χ0) is 20.7. The van der Waals surface area contributed by atoms with Crippen molar-refractivity contribution >= 4 is 22.9 Å². The van der Waals surface area contributed by atoms with Gasteiger partial charge in [-0.05, 0) is 74.8 Å². The second-order valence-electron chi connectivity index (χ2n) is 8.83. The van der Waals surface area contributed by atoms with Crippen LogP contribution >= 0.6 is 0 Å². The van der Waals surface area contributed by atoms with Crippen LogP contribution in [-0.4, -0.2) is 38.6 Å². The molecular formula is C24H29N5O. The standard InChI is InChI=1S/C24H29N5O/c1-16-6-3-8-20(17(16)2)27-24(30)28-13-5-7-18(14-28)15-29-22(19-10-11-19)26-21-9-4-12-25-23(21)29/h3-4,6,8-9,12,18-19H,5,7,10-11,13-15H2,1-2H3,(H,27,30)/t18-/m0/s1. The Morgan fingerprint density at radius 1 is 1.17 bits per heavy atom. The molecule has 0 unspecified atom stereocenters. The number of hydrogen-bond acceptors (Lipinski definition) is 3. The van der Waals surface area contributed by atoms with Crippen LogP contribution in [0.1, 0.15) is 48.6 Å². The van der Waals surface area contributed by atoms with Crippen molar-refractivity contribution in [2.45, 2.75) is 52.0 Å². The Morgan fingerprint density at radius 2 is 2.03 bits per heavy atom. The average Bonchev–Trinajstić information content (AvgIpc) is 3.54. The molecule has 30 heavy (non-hydrogen) atoms. The molecule has 3 heterocycles. The van der Waals surface area contributed by atoms with Gasteiger partial charge in [0.1, 0.15) is 11.3 Å². The number of likely N-dealkylation sites (tertiary alicyclic amines) is 1. The van der Waals surface area contributed by atoms with Gasteiger partial charge in [-0.2, -0.15) is 0 Å². The maximum atomic E-state index is 13.0. The molecule has 6 nitrogen and oxygen atoms in total. The number of rotatable bonds is 4. The Balaban J connectivity index is 1.32. The molecular weight excluding hydrogens is 374 g/mol. The van der Waals surface area contributed by atoms with E-state index in [4.69, 9.17) is 4.98 Å². The molecule has 1 saturated heterocycles. The van der Waals surface area contributed by atoms with Crippen LogP contribution < -0.4 is 5.32 Å². The topological polar surface area (TPSA) is 63.1 Å². The molecule has 1 aromatic carbocycles. The SMILES string of the molecule is Cc1cccc(NC(=O)N2CCC[C@H](Cn3c(C4CC4)nc4cccnc43)C2)c1C. The van der Waals surface area contributed by atoms with Crippen molar-refractivity contribution in [2.75, 3.05) is 18.4 Å². The molecule has 156 valence electrons. The third-order valence-corrected chi connectivity index (χ3v) is 6.57. The highest BCUT2D eigenvalue weighted by atomic mass is 16.2. The number of nitrogens with one attached hydrogen (secondary N) is 1. The first-order chi connectivity index (χ1) is 14.6. The van der Waals surface area contributed by atoms with Crippen molar-refractivity contribution in [3.05, 3.63) is 53.5 Å². The lowest BCUT2D eigenvalue weighted by atomic mass is 9.98. The molecule has 1 N–H and O–H groups in total. The highest BCUT2D eigenvalue weighted by Crippen LogP contribution is 2.41. The third-order valence-electron chi connectivity index (χ3n) is 6.57. The van der Waals surface area contributed by atoms with Crippen LogP contribution in [0.15, 0.2) is 36.5 Å². The average molecular weight is 404 g/mol. The van der Waals surface area contributed by atoms with Crippen LogP contribution in [0.3, 0.4) is 0 Å². The summed E-state index contributed by atoms with van der Waals surface area (Å²) in [6, 6.07) is 10.1. The quantitative estimate of drug-likeness (QED) is 0.676. The molecule has 3 aromatic rings. The summed E-state index contributed by atoms with van der Waals surface area (Å²) >= 11 is 0. The number of urea groups is 1. The number of aryl methyl sites for hydroxylation is 1. The molecule has 2 aliphatic rings. The molecule has 2 fully saturated rings. The molecule has 1 aliphatic carbocycles. The maximum absolute atomic E-state index is 13.0. The largest absolute Gasteiger partial charge is 0.324 e. The number of pyridine rings is 1. The fourth-order valence-electron chi connectivity index (χ4n) is 4.55. The monoisotopic (exact) mass is 403 g/mol. The molecule has 2 aromatic heterocycles. The van der Waals surface area contributed by atoms with Gasteiger partial charge in [0.25, 0.3) is 0 Å². The Kier molecular flexibility index (Phi) is 4.93. The highest BCUT2D eigenvalue weighted by molar-refractivity contribution is 5.90. The van der Waals surface area contributed by atoms with Crippen LogP contribution in [0.5, 0.6) is 0 Å². The van der Waals surface area contributed by atoms with E-state index in [1.807, 2.05) is 29.3 Å². The van der Waals surface area contributed by atoms with Crippen molar-refractivity contribution in [3.8, 4) is 0 Å². The smallest absolute Gasteiger partial charge is 0.321 e. The van der Waals surface area contributed by atoms with Gasteiger partial charge in [-0.3, -0.25) is 0 Å². The van der Waals surface area contributed by atoms with Crippen molar-refractivity contribution in [3.63, 3.8) is 0 Å². The van der Waals surface area contributed by atoms with Crippen LogP contribution in [0.2, 0.25) is 0 Å². The molecule has 0 spiro atoms. The zero-order valence-corrected chi connectivity index (χ0v) is 17.8. The van der Waals surface area contributed by atoms with Gasteiger partial charge in [-0.1, -0.05) is 12.1 Å². The van der Waals surface area contributed by atoms with Crippen LogP contribution in [0.4, 0.5) is 10.5 Å². The van der Waals surface area contributed by atoms with Gasteiger partial charge >= 0.3 is 6.03 Å². The summed E-state index contributed by atoms with van der Waals surface area (Å²) in [5.41, 5.74) is 5.19. The molecule has 5 rings (SSSR count). The van der Waals surface area contributed by atoms with Crippen LogP contribution in [-0.2, 0) is 6.54 Å². The van der Waals surface area contributed by atoms with E-state index in [-0.39, 0.29) is 6.03 Å². The number of anilines is 1. The number of imidazole rings is 1. The first-order valence-corrected chi connectivity index (χ1v) is 11.0. The fourth-order valence-corrected chi connectivity index (χ4v) is 4.55. The maximum Gasteiger partial charge on any atom is 0.321 e. The lowest BCUT2D eigenvalue weighted by molar-refractivity contribution is 0.170. The minimum atomic E-state index is 0.00410. The number of amides is 2. The summed E-state index contributed by atoms with van der Waals surface area (Å²) in [6.45, 7) is 6.59. The minimum Gasteiger partial charge on any atom is -0.324 e. The number of benzene rings is 1. The molecule has 1 saturated carbocycles. The van der Waals surface area contributed by atoms with E-state index < -0.39 is 0 Å². The summed E-state index contributed by atoms with van der Waals surface area (Å²) in [6.07, 6.45) is 6.45. The third kappa shape index (κ3) is 3.66. The van der Waals surface area contributed by atoms with E-state index in [9.17, 15) is 4.79 Å². The number of fused-ring (bicyclic) bond motifs is 1. The van der Waals surface area contributed by atoms with Crippen molar-refractivity contribution in [1.29, 1.82) is 0 Å². The first-order valence-electron chi connectivity index (χ1n) is 11.0. The fraction of sp³-hybridized carbons (Fsp3) is 0.458. The van der Waals surface area contributed by atoms with E-state index in [0.717, 1.165) is 54.9 Å². The van der Waals surface area contributed by atoms with Crippen molar-refractivity contribution in [1.82, 2.24) is 19.4 Å². The van der Waals surface area contributed by atoms with Crippen molar-refractivity contribution < 1.29 is 4.79 Å². The lowest BCUT2D eigenvalue weighted by Crippen LogP contribution is -2.43. The Bertz CT molecular complexity index is 1080. The summed E-state index contributed by atoms with van der Waals surface area (Å²) < 4.78 is 2.32. The van der Waals surface area contributed by atoms with E-state index >= 15 is 0 Å². The van der Waals surface area contributed by atoms with E-state index in [1.54, 1.807) is 0 Å². The summed E-state index contributed by atoms with van der Waals surface area (Å²) in [5.74, 6) is 2.17. The van der Waals surface area contributed by atoms with Gasteiger partial charge in [0.05, 0.1) is 0 Å². The van der Waals surface area contributed by atoms with Gasteiger partial charge in [0.2, 0.25) is 0 Å².